The predicted octanol–water partition coefficient (Wildman–Crippen LogP) is 4.21. The fourth-order valence-electron chi connectivity index (χ4n) is 12.0. The zero-order chi connectivity index (χ0) is 39.6. The second-order valence-corrected chi connectivity index (χ2v) is 18.9. The lowest BCUT2D eigenvalue weighted by Gasteiger charge is -2.71. The molecule has 5 rings (SSSR count). The van der Waals surface area contributed by atoms with E-state index in [9.17, 15) is 35.1 Å². The van der Waals surface area contributed by atoms with E-state index in [1.165, 1.54) is 32.1 Å². The maximum Gasteiger partial charge on any atom is 0.302 e. The number of fused-ring (bicyclic) bond motifs is 5. The Morgan fingerprint density at radius 3 is 2.17 bits per heavy atom. The van der Waals surface area contributed by atoms with Crippen molar-refractivity contribution in [2.24, 2.45) is 39.4 Å². The SMILES string of the molecule is COC(C)(C)[C@@H](O)[C@H](O)C[C@H](C)C1=C2CC[C@@H]3[C@@]4(C)CC[C@@H](OC(C)=O)C(C)(C)[C@@H]4C[C@@H](O[C@@H]4O[C@H](COC(C)=O)[C@@H](O)[C@H](O)[C@H]4O)[C@@]3(C)[C@]2(C)CC1. The normalized spacial score (nSPS) is 42.8. The van der Waals surface area contributed by atoms with Gasteiger partial charge in [0, 0.05) is 31.8 Å². The van der Waals surface area contributed by atoms with Gasteiger partial charge in [0.05, 0.1) is 17.8 Å². The summed E-state index contributed by atoms with van der Waals surface area (Å²) in [6.45, 7) is 19.5. The fraction of sp³-hybridized carbons (Fsp3) is 0.902. The highest BCUT2D eigenvalue weighted by Gasteiger charge is 2.71. The molecule has 5 aliphatic rings. The Kier molecular flexibility index (Phi) is 12.1. The molecule has 12 heteroatoms. The summed E-state index contributed by atoms with van der Waals surface area (Å²) in [5, 5.41) is 55.2. The van der Waals surface area contributed by atoms with Gasteiger partial charge < -0.3 is 49.2 Å². The number of aliphatic hydroxyl groups excluding tert-OH is 5. The zero-order valence-corrected chi connectivity index (χ0v) is 33.9. The van der Waals surface area contributed by atoms with Crippen LogP contribution < -0.4 is 0 Å². The molecule has 0 unspecified atom stereocenters. The van der Waals surface area contributed by atoms with E-state index in [4.69, 9.17) is 23.7 Å². The molecule has 3 saturated carbocycles. The van der Waals surface area contributed by atoms with E-state index in [-0.39, 0.29) is 47.3 Å². The molecule has 4 aliphatic carbocycles. The number of methoxy groups -OCH3 is 1. The molecule has 0 aromatic rings. The van der Waals surface area contributed by atoms with Gasteiger partial charge in [-0.25, -0.2) is 0 Å². The summed E-state index contributed by atoms with van der Waals surface area (Å²) in [5.74, 6) is -0.619. The molecule has 4 fully saturated rings. The molecule has 15 atom stereocenters. The largest absolute Gasteiger partial charge is 0.463 e. The second-order valence-electron chi connectivity index (χ2n) is 18.9. The fourth-order valence-corrected chi connectivity index (χ4v) is 12.0. The average Bonchev–Trinajstić information content (AvgIpc) is 3.44. The van der Waals surface area contributed by atoms with Gasteiger partial charge in [-0.05, 0) is 93.8 Å². The molecule has 1 saturated heterocycles. The van der Waals surface area contributed by atoms with Crippen LogP contribution in [0.25, 0.3) is 0 Å². The standard InChI is InChI=1S/C41H68O12/c1-21(18-26(44)35(48)38(6,7)49-11)24-14-17-40(9)25(24)12-13-28-39(8)16-15-30(51-23(3)43)37(4,5)29(39)19-31(41(28,40)10)53-36-34(47)33(46)32(45)27(52-36)20-50-22(2)42/h21,26-36,44-48H,12-20H2,1-11H3/t21-,26+,27+,28+,29-,30+,31+,32+,33-,34+,35-,36-,39+,40+,41-/m0/s1. The number of aliphatic hydroxyl groups is 5. The molecule has 1 heterocycles. The van der Waals surface area contributed by atoms with Crippen molar-refractivity contribution in [1.82, 2.24) is 0 Å². The minimum Gasteiger partial charge on any atom is -0.463 e. The molecule has 5 N–H and O–H groups in total. The van der Waals surface area contributed by atoms with E-state index in [1.807, 2.05) is 0 Å². The van der Waals surface area contributed by atoms with E-state index in [0.29, 0.717) is 12.8 Å². The number of hydrogen-bond donors (Lipinski definition) is 5. The predicted molar refractivity (Wildman–Crippen MR) is 195 cm³/mol. The Labute approximate surface area is 315 Å². The molecule has 304 valence electrons. The summed E-state index contributed by atoms with van der Waals surface area (Å²) in [7, 11) is 1.53. The van der Waals surface area contributed by atoms with Crippen LogP contribution in [0.2, 0.25) is 0 Å². The van der Waals surface area contributed by atoms with Crippen LogP contribution in [0.3, 0.4) is 0 Å². The summed E-state index contributed by atoms with van der Waals surface area (Å²) in [5.41, 5.74) is 0.424. The molecule has 0 amide bonds. The topological polar surface area (TPSA) is 181 Å². The van der Waals surface area contributed by atoms with Crippen LogP contribution >= 0.6 is 0 Å². The van der Waals surface area contributed by atoms with E-state index in [2.05, 4.69) is 41.5 Å². The Hall–Kier alpha value is -1.64. The van der Waals surface area contributed by atoms with E-state index in [0.717, 1.165) is 38.5 Å². The van der Waals surface area contributed by atoms with Gasteiger partial charge in [0.25, 0.3) is 0 Å². The van der Waals surface area contributed by atoms with Crippen LogP contribution in [-0.4, -0.2) is 112 Å². The lowest BCUT2D eigenvalue weighted by atomic mass is 9.35. The molecule has 0 spiro atoms. The van der Waals surface area contributed by atoms with Crippen molar-refractivity contribution in [3.63, 3.8) is 0 Å². The van der Waals surface area contributed by atoms with Gasteiger partial charge >= 0.3 is 11.9 Å². The first kappa shape index (κ1) is 42.5. The molecule has 1 aliphatic heterocycles. The van der Waals surface area contributed by atoms with E-state index >= 15 is 0 Å². The van der Waals surface area contributed by atoms with Gasteiger partial charge in [0.2, 0.25) is 0 Å². The van der Waals surface area contributed by atoms with Crippen LogP contribution in [0.4, 0.5) is 0 Å². The zero-order valence-electron chi connectivity index (χ0n) is 33.9. The van der Waals surface area contributed by atoms with Crippen LogP contribution in [0.15, 0.2) is 11.1 Å². The molecule has 0 aromatic heterocycles. The first-order valence-corrected chi connectivity index (χ1v) is 19.8. The maximum absolute atomic E-state index is 12.3. The monoisotopic (exact) mass is 752 g/mol. The Morgan fingerprint density at radius 1 is 0.906 bits per heavy atom. The third-order valence-corrected chi connectivity index (χ3v) is 15.4. The van der Waals surface area contributed by atoms with Crippen molar-refractivity contribution in [1.29, 1.82) is 0 Å². The minimum atomic E-state index is -1.59. The smallest absolute Gasteiger partial charge is 0.302 e. The highest BCUT2D eigenvalue weighted by molar-refractivity contribution is 5.66. The lowest BCUT2D eigenvalue weighted by Crippen LogP contribution is -2.69. The first-order valence-electron chi connectivity index (χ1n) is 19.8. The van der Waals surface area contributed by atoms with E-state index < -0.39 is 71.4 Å². The van der Waals surface area contributed by atoms with Crippen LogP contribution in [0, 0.1) is 39.4 Å². The van der Waals surface area contributed by atoms with Crippen molar-refractivity contribution in [3.8, 4) is 0 Å². The summed E-state index contributed by atoms with van der Waals surface area (Å²) in [4.78, 5) is 23.9. The van der Waals surface area contributed by atoms with Gasteiger partial charge in [-0.1, -0.05) is 52.7 Å². The van der Waals surface area contributed by atoms with Crippen molar-refractivity contribution in [3.05, 3.63) is 11.1 Å². The van der Waals surface area contributed by atoms with Crippen LogP contribution in [0.5, 0.6) is 0 Å². The molecule has 0 radical (unpaired) electrons. The van der Waals surface area contributed by atoms with Crippen molar-refractivity contribution in [2.75, 3.05) is 13.7 Å². The summed E-state index contributed by atoms with van der Waals surface area (Å²) in [6, 6.07) is 0. The van der Waals surface area contributed by atoms with Gasteiger partial charge in [-0.3, -0.25) is 9.59 Å². The number of hydrogen-bond acceptors (Lipinski definition) is 12. The Balaban J connectivity index is 1.55. The molecular formula is C41H68O12. The number of allylic oxidation sites excluding steroid dienone is 2. The first-order chi connectivity index (χ1) is 24.5. The van der Waals surface area contributed by atoms with Gasteiger partial charge in [-0.2, -0.15) is 0 Å². The second kappa shape index (κ2) is 15.0. The minimum absolute atomic E-state index is 0.0100. The van der Waals surface area contributed by atoms with Crippen molar-refractivity contribution in [2.45, 2.75) is 181 Å². The highest BCUT2D eigenvalue weighted by atomic mass is 16.7. The molecule has 0 aromatic carbocycles. The molecule has 12 nitrogen and oxygen atoms in total. The third-order valence-electron chi connectivity index (χ3n) is 15.4. The van der Waals surface area contributed by atoms with Gasteiger partial charge in [0.1, 0.15) is 43.2 Å². The Bertz CT molecular complexity index is 1390. The average molecular weight is 753 g/mol. The maximum atomic E-state index is 12.3. The number of esters is 2. The van der Waals surface area contributed by atoms with Crippen molar-refractivity contribution >= 4 is 11.9 Å². The summed E-state index contributed by atoms with van der Waals surface area (Å²) < 4.78 is 29.7. The van der Waals surface area contributed by atoms with Gasteiger partial charge in [-0.15, -0.1) is 0 Å². The molecule has 0 bridgehead atoms. The number of carbonyl (C=O) groups is 2. The number of ether oxygens (including phenoxy) is 5. The lowest BCUT2D eigenvalue weighted by molar-refractivity contribution is -0.344. The van der Waals surface area contributed by atoms with Crippen LogP contribution in [0.1, 0.15) is 121 Å². The molecular weight excluding hydrogens is 684 g/mol. The number of rotatable bonds is 11. The Morgan fingerprint density at radius 2 is 1.57 bits per heavy atom. The quantitative estimate of drug-likeness (QED) is 0.116. The summed E-state index contributed by atoms with van der Waals surface area (Å²) in [6.07, 6.45) is -3.76. The summed E-state index contributed by atoms with van der Waals surface area (Å²) >= 11 is 0. The van der Waals surface area contributed by atoms with Crippen molar-refractivity contribution < 1.29 is 58.8 Å². The number of carbonyl (C=O) groups excluding carboxylic acids is 2. The third kappa shape index (κ3) is 7.15. The van der Waals surface area contributed by atoms with Gasteiger partial charge in [0.15, 0.2) is 6.29 Å². The van der Waals surface area contributed by atoms with E-state index in [1.54, 1.807) is 13.8 Å². The van der Waals surface area contributed by atoms with Crippen LogP contribution in [-0.2, 0) is 33.3 Å². The molecule has 53 heavy (non-hydrogen) atoms. The highest BCUT2D eigenvalue weighted by Crippen LogP contribution is 2.75.